The van der Waals surface area contributed by atoms with Crippen LogP contribution < -0.4 is 19.6 Å². The minimum Gasteiger partial charge on any atom is -0.482 e. The van der Waals surface area contributed by atoms with Crippen LogP contribution in [0.2, 0.25) is 5.02 Å². The van der Waals surface area contributed by atoms with E-state index in [1.54, 1.807) is 28.8 Å². The number of hydrogen-bond acceptors (Lipinski definition) is 6. The van der Waals surface area contributed by atoms with Crippen LogP contribution in [0.5, 0.6) is 5.75 Å². The van der Waals surface area contributed by atoms with Gasteiger partial charge in [-0.2, -0.15) is 0 Å². The van der Waals surface area contributed by atoms with Gasteiger partial charge in [-0.3, -0.25) is 9.36 Å². The molecule has 4 aromatic rings. The van der Waals surface area contributed by atoms with E-state index >= 15 is 0 Å². The number of carbonyl (C=O) groups excluding carboxylic acids is 1. The molecule has 0 radical (unpaired) electrons. The molecule has 5 rings (SSSR count). The quantitative estimate of drug-likeness (QED) is 0.360. The molecule has 0 amide bonds. The Bertz CT molecular complexity index is 1620. The van der Waals surface area contributed by atoms with E-state index in [4.69, 9.17) is 21.3 Å². The molecular formula is C28H21ClN2O4S. The van der Waals surface area contributed by atoms with E-state index in [1.807, 2.05) is 66.7 Å². The van der Waals surface area contributed by atoms with Crippen molar-refractivity contribution in [3.63, 3.8) is 0 Å². The van der Waals surface area contributed by atoms with Gasteiger partial charge in [0.1, 0.15) is 5.75 Å². The summed E-state index contributed by atoms with van der Waals surface area (Å²) in [6, 6.07) is 24.3. The lowest BCUT2D eigenvalue weighted by Gasteiger charge is -2.19. The summed E-state index contributed by atoms with van der Waals surface area (Å²) in [6.07, 6.45) is 3.81. The summed E-state index contributed by atoms with van der Waals surface area (Å²) in [7, 11) is 1.31. The Morgan fingerprint density at radius 3 is 2.61 bits per heavy atom. The average Bonchev–Trinajstić information content (AvgIpc) is 3.22. The van der Waals surface area contributed by atoms with Crippen molar-refractivity contribution in [1.82, 2.24) is 4.57 Å². The van der Waals surface area contributed by atoms with Gasteiger partial charge in [-0.1, -0.05) is 77.5 Å². The smallest absolute Gasteiger partial charge is 0.343 e. The lowest BCUT2D eigenvalue weighted by atomic mass is 10.0. The number of rotatable bonds is 6. The molecule has 1 atom stereocenters. The zero-order valence-electron chi connectivity index (χ0n) is 19.3. The van der Waals surface area contributed by atoms with Crippen molar-refractivity contribution < 1.29 is 14.3 Å². The number of nitrogens with zero attached hydrogens (tertiary/aromatic N) is 2. The van der Waals surface area contributed by atoms with Crippen molar-refractivity contribution in [2.45, 2.75) is 6.04 Å². The third kappa shape index (κ3) is 5.03. The van der Waals surface area contributed by atoms with Crippen LogP contribution in [-0.2, 0) is 9.53 Å². The summed E-state index contributed by atoms with van der Waals surface area (Å²) in [5.41, 5.74) is 3.36. The molecule has 0 bridgehead atoms. The maximum atomic E-state index is 13.6. The van der Waals surface area contributed by atoms with Crippen LogP contribution in [-0.4, -0.2) is 24.3 Å². The van der Waals surface area contributed by atoms with Gasteiger partial charge in [-0.25, -0.2) is 9.79 Å². The molecule has 180 valence electrons. The molecular weight excluding hydrogens is 496 g/mol. The van der Waals surface area contributed by atoms with Gasteiger partial charge in [0, 0.05) is 5.02 Å². The average molecular weight is 517 g/mol. The van der Waals surface area contributed by atoms with E-state index < -0.39 is 5.97 Å². The number of aromatic nitrogens is 1. The fourth-order valence-electron chi connectivity index (χ4n) is 3.90. The van der Waals surface area contributed by atoms with Gasteiger partial charge in [0.2, 0.25) is 0 Å². The minimum atomic E-state index is -0.467. The molecule has 0 saturated carbocycles. The van der Waals surface area contributed by atoms with Gasteiger partial charge in [-0.05, 0) is 53.1 Å². The number of thiazole rings is 1. The number of fused-ring (bicyclic) bond motifs is 1. The zero-order chi connectivity index (χ0) is 25.1. The normalized spacial score (nSPS) is 15.0. The summed E-state index contributed by atoms with van der Waals surface area (Å²) < 4.78 is 12.4. The summed E-state index contributed by atoms with van der Waals surface area (Å²) in [5.74, 6) is 0.0393. The Morgan fingerprint density at radius 2 is 1.86 bits per heavy atom. The van der Waals surface area contributed by atoms with Crippen LogP contribution in [0, 0.1) is 0 Å². The van der Waals surface area contributed by atoms with E-state index in [-0.39, 0.29) is 18.2 Å². The number of ether oxygens (including phenoxy) is 2. The second-order valence-corrected chi connectivity index (χ2v) is 9.48. The minimum absolute atomic E-state index is 0.136. The second kappa shape index (κ2) is 10.4. The standard InChI is InChI=1S/C28H21ClN2O4S/c1-34-26(32)17-35-22-9-5-6-18(14-22)15-25-27(33)31-24(20-10-12-21(29)13-11-20)16-23(30-28(31)36-25)19-7-3-2-4-8-19/h2-16,24H,17H2,1H3. The van der Waals surface area contributed by atoms with Crippen LogP contribution in [0.4, 0.5) is 0 Å². The predicted molar refractivity (Wildman–Crippen MR) is 141 cm³/mol. The number of esters is 1. The molecule has 0 fully saturated rings. The first-order valence-corrected chi connectivity index (χ1v) is 12.4. The van der Waals surface area contributed by atoms with E-state index in [1.165, 1.54) is 18.4 Å². The molecule has 1 unspecified atom stereocenters. The van der Waals surface area contributed by atoms with E-state index in [0.29, 0.717) is 20.1 Å². The highest BCUT2D eigenvalue weighted by molar-refractivity contribution is 7.07. The van der Waals surface area contributed by atoms with Crippen molar-refractivity contribution in [2.24, 2.45) is 4.99 Å². The molecule has 0 aliphatic carbocycles. The Labute approximate surface area is 216 Å². The molecule has 36 heavy (non-hydrogen) atoms. The van der Waals surface area contributed by atoms with Gasteiger partial charge in [-0.15, -0.1) is 0 Å². The van der Waals surface area contributed by atoms with Crippen molar-refractivity contribution in [3.8, 4) is 5.75 Å². The fourth-order valence-corrected chi connectivity index (χ4v) is 5.04. The molecule has 8 heteroatoms. The lowest BCUT2D eigenvalue weighted by molar-refractivity contribution is -0.142. The van der Waals surface area contributed by atoms with Gasteiger partial charge >= 0.3 is 5.97 Å². The van der Waals surface area contributed by atoms with Gasteiger partial charge in [0.15, 0.2) is 11.4 Å². The maximum absolute atomic E-state index is 13.6. The number of benzene rings is 3. The summed E-state index contributed by atoms with van der Waals surface area (Å²) >= 11 is 7.45. The summed E-state index contributed by atoms with van der Waals surface area (Å²) in [6.45, 7) is -0.189. The maximum Gasteiger partial charge on any atom is 0.343 e. The van der Waals surface area contributed by atoms with Crippen LogP contribution >= 0.6 is 22.9 Å². The largest absolute Gasteiger partial charge is 0.482 e. The summed E-state index contributed by atoms with van der Waals surface area (Å²) in [4.78, 5) is 30.4. The van der Waals surface area contributed by atoms with Crippen LogP contribution in [0.3, 0.4) is 0 Å². The number of allylic oxidation sites excluding steroid dienone is 1. The Morgan fingerprint density at radius 1 is 1.08 bits per heavy atom. The molecule has 6 nitrogen and oxygen atoms in total. The van der Waals surface area contributed by atoms with Crippen molar-refractivity contribution in [2.75, 3.05) is 13.7 Å². The highest BCUT2D eigenvalue weighted by atomic mass is 35.5. The molecule has 3 aromatic carbocycles. The van der Waals surface area contributed by atoms with Crippen LogP contribution in [0.15, 0.2) is 94.7 Å². The van der Waals surface area contributed by atoms with Crippen LogP contribution in [0.1, 0.15) is 22.7 Å². The Hall–Kier alpha value is -3.94. The monoisotopic (exact) mass is 516 g/mol. The third-order valence-electron chi connectivity index (χ3n) is 5.67. The van der Waals surface area contributed by atoms with Crippen molar-refractivity contribution >= 4 is 40.7 Å². The Balaban J connectivity index is 1.60. The number of methoxy groups -OCH3 is 1. The van der Waals surface area contributed by atoms with E-state index in [2.05, 4.69) is 4.74 Å². The molecule has 0 N–H and O–H groups in total. The predicted octanol–water partition coefficient (Wildman–Crippen LogP) is 4.21. The van der Waals surface area contributed by atoms with Crippen molar-refractivity contribution in [3.05, 3.63) is 126 Å². The van der Waals surface area contributed by atoms with E-state index in [9.17, 15) is 9.59 Å². The van der Waals surface area contributed by atoms with Crippen molar-refractivity contribution in [1.29, 1.82) is 0 Å². The highest BCUT2D eigenvalue weighted by Crippen LogP contribution is 2.27. The van der Waals surface area contributed by atoms with Gasteiger partial charge in [0.05, 0.1) is 23.4 Å². The van der Waals surface area contributed by atoms with Gasteiger partial charge in [0.25, 0.3) is 5.56 Å². The Kier molecular flexibility index (Phi) is 6.84. The molecule has 0 spiro atoms. The van der Waals surface area contributed by atoms with E-state index in [0.717, 1.165) is 22.4 Å². The topological polar surface area (TPSA) is 69.9 Å². The SMILES string of the molecule is COC(=O)COc1cccc(C=c2sc3n(c2=O)C(c2ccc(Cl)cc2)C=C(c2ccccc2)N=3)c1. The van der Waals surface area contributed by atoms with Crippen LogP contribution in [0.25, 0.3) is 11.8 Å². The molecule has 2 heterocycles. The van der Waals surface area contributed by atoms with Gasteiger partial charge < -0.3 is 9.47 Å². The molecule has 1 aliphatic heterocycles. The number of carbonyl (C=O) groups is 1. The zero-order valence-corrected chi connectivity index (χ0v) is 20.8. The first kappa shape index (κ1) is 23.8. The fraction of sp³-hybridized carbons (Fsp3) is 0.107. The molecule has 0 saturated heterocycles. The molecule has 1 aromatic heterocycles. The lowest BCUT2D eigenvalue weighted by Crippen LogP contribution is -2.36. The first-order chi connectivity index (χ1) is 17.5. The second-order valence-electron chi connectivity index (χ2n) is 8.03. The first-order valence-electron chi connectivity index (χ1n) is 11.2. The summed E-state index contributed by atoms with van der Waals surface area (Å²) in [5, 5.41) is 0.632. The third-order valence-corrected chi connectivity index (χ3v) is 6.90. The number of hydrogen-bond donors (Lipinski definition) is 0. The highest BCUT2D eigenvalue weighted by Gasteiger charge is 2.22. The molecule has 1 aliphatic rings. The number of halogens is 1.